The average molecular weight is 342 g/mol. The van der Waals surface area contributed by atoms with E-state index in [1.165, 1.54) is 6.07 Å². The third-order valence-corrected chi connectivity index (χ3v) is 4.30. The van der Waals surface area contributed by atoms with Gasteiger partial charge in [-0.15, -0.1) is 0 Å². The standard InChI is InChI=1S/C17H24F2N2O3/c1-12-7-6-8-13(24-15(18)19)14(12)21-16(22)20-11-17(23)9-4-2-3-5-10-17/h6-8,15,23H,2-5,9-11H2,1H3,(H2,20,21,22). The maximum atomic E-state index is 12.5. The van der Waals surface area contributed by atoms with Crippen LogP contribution in [0.4, 0.5) is 19.3 Å². The lowest BCUT2D eigenvalue weighted by molar-refractivity contribution is -0.0493. The summed E-state index contributed by atoms with van der Waals surface area (Å²) in [7, 11) is 0. The third kappa shape index (κ3) is 5.33. The molecule has 0 radical (unpaired) electrons. The first-order valence-electron chi connectivity index (χ1n) is 8.21. The minimum absolute atomic E-state index is 0.0895. The summed E-state index contributed by atoms with van der Waals surface area (Å²) in [6, 6.07) is 4.08. The van der Waals surface area contributed by atoms with Crippen LogP contribution in [0.15, 0.2) is 18.2 Å². The zero-order chi connectivity index (χ0) is 17.6. The number of rotatable bonds is 5. The quantitative estimate of drug-likeness (QED) is 0.713. The lowest BCUT2D eigenvalue weighted by Gasteiger charge is -2.27. The van der Waals surface area contributed by atoms with Crippen molar-refractivity contribution in [3.63, 3.8) is 0 Å². The number of ether oxygens (including phenoxy) is 1. The molecule has 134 valence electrons. The van der Waals surface area contributed by atoms with Gasteiger partial charge in [-0.3, -0.25) is 0 Å². The normalized spacial score (nSPS) is 17.2. The zero-order valence-electron chi connectivity index (χ0n) is 13.8. The topological polar surface area (TPSA) is 70.6 Å². The molecule has 1 aromatic rings. The lowest BCUT2D eigenvalue weighted by Crippen LogP contribution is -2.44. The lowest BCUT2D eigenvalue weighted by atomic mass is 9.95. The molecule has 3 N–H and O–H groups in total. The van der Waals surface area contributed by atoms with Crippen LogP contribution in [0, 0.1) is 6.92 Å². The Bertz CT molecular complexity index is 559. The van der Waals surface area contributed by atoms with Gasteiger partial charge in [-0.2, -0.15) is 8.78 Å². The number of hydrogen-bond acceptors (Lipinski definition) is 3. The first-order valence-corrected chi connectivity index (χ1v) is 8.21. The number of anilines is 1. The van der Waals surface area contributed by atoms with Crippen LogP contribution in [0.5, 0.6) is 5.75 Å². The van der Waals surface area contributed by atoms with E-state index in [2.05, 4.69) is 15.4 Å². The summed E-state index contributed by atoms with van der Waals surface area (Å²) in [5.41, 5.74) is -0.0957. The largest absolute Gasteiger partial charge is 0.433 e. The van der Waals surface area contributed by atoms with Crippen LogP contribution in [0.3, 0.4) is 0 Å². The van der Waals surface area contributed by atoms with Crippen LogP contribution >= 0.6 is 0 Å². The maximum Gasteiger partial charge on any atom is 0.387 e. The van der Waals surface area contributed by atoms with Gasteiger partial charge in [0.1, 0.15) is 5.75 Å². The van der Waals surface area contributed by atoms with E-state index in [0.29, 0.717) is 18.4 Å². The fourth-order valence-corrected chi connectivity index (χ4v) is 2.96. The highest BCUT2D eigenvalue weighted by molar-refractivity contribution is 5.92. The van der Waals surface area contributed by atoms with Crippen LogP contribution in [0.25, 0.3) is 0 Å². The molecule has 2 rings (SSSR count). The van der Waals surface area contributed by atoms with Gasteiger partial charge in [-0.1, -0.05) is 37.8 Å². The number of benzene rings is 1. The highest BCUT2D eigenvalue weighted by atomic mass is 19.3. The van der Waals surface area contributed by atoms with E-state index in [1.54, 1.807) is 19.1 Å². The number of nitrogens with one attached hydrogen (secondary N) is 2. The Morgan fingerprint density at radius 1 is 1.29 bits per heavy atom. The molecule has 24 heavy (non-hydrogen) atoms. The summed E-state index contributed by atoms with van der Waals surface area (Å²) in [6.45, 7) is -1.15. The highest BCUT2D eigenvalue weighted by Crippen LogP contribution is 2.30. The van der Waals surface area contributed by atoms with Crippen LogP contribution < -0.4 is 15.4 Å². The predicted octanol–water partition coefficient (Wildman–Crippen LogP) is 3.80. The van der Waals surface area contributed by atoms with Crippen molar-refractivity contribution in [2.24, 2.45) is 0 Å². The molecule has 7 heteroatoms. The molecule has 1 fully saturated rings. The molecule has 5 nitrogen and oxygen atoms in total. The summed E-state index contributed by atoms with van der Waals surface area (Å²) >= 11 is 0. The molecule has 0 spiro atoms. The smallest absolute Gasteiger partial charge is 0.387 e. The minimum atomic E-state index is -2.97. The monoisotopic (exact) mass is 342 g/mol. The first-order chi connectivity index (χ1) is 11.4. The molecule has 0 aliphatic heterocycles. The minimum Gasteiger partial charge on any atom is -0.433 e. The van der Waals surface area contributed by atoms with Crippen molar-refractivity contribution in [1.82, 2.24) is 5.32 Å². The number of para-hydroxylation sites is 1. The second kappa shape index (κ2) is 8.28. The Hall–Kier alpha value is -1.89. The van der Waals surface area contributed by atoms with Crippen molar-refractivity contribution in [3.8, 4) is 5.75 Å². The number of urea groups is 1. The van der Waals surface area contributed by atoms with Gasteiger partial charge in [0.15, 0.2) is 0 Å². The molecule has 0 bridgehead atoms. The van der Waals surface area contributed by atoms with E-state index in [-0.39, 0.29) is 18.0 Å². The fraction of sp³-hybridized carbons (Fsp3) is 0.588. The average Bonchev–Trinajstić information content (AvgIpc) is 2.73. The molecule has 0 aromatic heterocycles. The Labute approximate surface area is 140 Å². The summed E-state index contributed by atoms with van der Waals surface area (Å²) in [5, 5.41) is 15.7. The molecule has 0 atom stereocenters. The van der Waals surface area contributed by atoms with E-state index in [4.69, 9.17) is 0 Å². The van der Waals surface area contributed by atoms with Gasteiger partial charge in [-0.05, 0) is 31.4 Å². The predicted molar refractivity (Wildman–Crippen MR) is 87.5 cm³/mol. The van der Waals surface area contributed by atoms with E-state index >= 15 is 0 Å². The number of alkyl halides is 2. The van der Waals surface area contributed by atoms with Crippen LogP contribution in [-0.4, -0.2) is 29.9 Å². The summed E-state index contributed by atoms with van der Waals surface area (Å²) in [4.78, 5) is 12.1. The van der Waals surface area contributed by atoms with Gasteiger partial charge in [0.2, 0.25) is 0 Å². The highest BCUT2D eigenvalue weighted by Gasteiger charge is 2.28. The van der Waals surface area contributed by atoms with Crippen molar-refractivity contribution in [3.05, 3.63) is 23.8 Å². The van der Waals surface area contributed by atoms with E-state index < -0.39 is 18.2 Å². The Kier molecular flexibility index (Phi) is 6.36. The second-order valence-corrected chi connectivity index (χ2v) is 6.27. The zero-order valence-corrected chi connectivity index (χ0v) is 13.8. The molecule has 1 aliphatic rings. The molecule has 1 aromatic carbocycles. The number of carbonyl (C=O) groups is 1. The van der Waals surface area contributed by atoms with Crippen molar-refractivity contribution in [1.29, 1.82) is 0 Å². The molecule has 1 aliphatic carbocycles. The van der Waals surface area contributed by atoms with Crippen LogP contribution in [0.2, 0.25) is 0 Å². The van der Waals surface area contributed by atoms with Crippen molar-refractivity contribution < 1.29 is 23.4 Å². The maximum absolute atomic E-state index is 12.5. The SMILES string of the molecule is Cc1cccc(OC(F)F)c1NC(=O)NCC1(O)CCCCCC1. The van der Waals surface area contributed by atoms with E-state index in [0.717, 1.165) is 25.7 Å². The molecule has 0 heterocycles. The molecular formula is C17H24F2N2O3. The van der Waals surface area contributed by atoms with Gasteiger partial charge >= 0.3 is 12.6 Å². The summed E-state index contributed by atoms with van der Waals surface area (Å²) in [5.74, 6) is -0.0895. The number of amides is 2. The first kappa shape index (κ1) is 18.4. The fourth-order valence-electron chi connectivity index (χ4n) is 2.96. The molecule has 0 unspecified atom stereocenters. The van der Waals surface area contributed by atoms with Crippen molar-refractivity contribution >= 4 is 11.7 Å². The number of aliphatic hydroxyl groups is 1. The molecule has 1 saturated carbocycles. The molecular weight excluding hydrogens is 318 g/mol. The Morgan fingerprint density at radius 2 is 1.96 bits per heavy atom. The molecule has 0 saturated heterocycles. The third-order valence-electron chi connectivity index (χ3n) is 4.30. The summed E-state index contributed by atoms with van der Waals surface area (Å²) < 4.78 is 29.4. The number of carbonyl (C=O) groups excluding carboxylic acids is 1. The van der Waals surface area contributed by atoms with Gasteiger partial charge < -0.3 is 20.5 Å². The molecule has 2 amide bonds. The van der Waals surface area contributed by atoms with Gasteiger partial charge in [0.05, 0.1) is 11.3 Å². The van der Waals surface area contributed by atoms with Crippen LogP contribution in [0.1, 0.15) is 44.1 Å². The van der Waals surface area contributed by atoms with Gasteiger partial charge in [-0.25, -0.2) is 4.79 Å². The number of halogens is 2. The van der Waals surface area contributed by atoms with Crippen LogP contribution in [-0.2, 0) is 0 Å². The van der Waals surface area contributed by atoms with E-state index in [9.17, 15) is 18.7 Å². The van der Waals surface area contributed by atoms with E-state index in [1.807, 2.05) is 0 Å². The Morgan fingerprint density at radius 3 is 2.58 bits per heavy atom. The Balaban J connectivity index is 1.97. The summed E-state index contributed by atoms with van der Waals surface area (Å²) in [6.07, 6.45) is 5.35. The second-order valence-electron chi connectivity index (χ2n) is 6.27. The number of aryl methyl sites for hydroxylation is 1. The van der Waals surface area contributed by atoms with Gasteiger partial charge in [0, 0.05) is 6.54 Å². The van der Waals surface area contributed by atoms with Gasteiger partial charge in [0.25, 0.3) is 0 Å². The van der Waals surface area contributed by atoms with Crippen molar-refractivity contribution in [2.45, 2.75) is 57.7 Å². The van der Waals surface area contributed by atoms with Crippen molar-refractivity contribution in [2.75, 3.05) is 11.9 Å². The number of hydrogen-bond donors (Lipinski definition) is 3.